The molecule has 0 unspecified atom stereocenters. The minimum Gasteiger partial charge on any atom is -0.342 e. The number of nitrogens with zero attached hydrogens (tertiary/aromatic N) is 1. The van der Waals surface area contributed by atoms with Crippen LogP contribution in [-0.2, 0) is 4.79 Å². The van der Waals surface area contributed by atoms with Gasteiger partial charge in [0.25, 0.3) is 0 Å². The van der Waals surface area contributed by atoms with Crippen molar-refractivity contribution in [3.63, 3.8) is 0 Å². The second kappa shape index (κ2) is 6.25. The highest BCUT2D eigenvalue weighted by atomic mass is 35.5. The van der Waals surface area contributed by atoms with E-state index in [1.807, 2.05) is 0 Å². The van der Waals surface area contributed by atoms with E-state index in [0.29, 0.717) is 17.9 Å². The van der Waals surface area contributed by atoms with Gasteiger partial charge in [0.1, 0.15) is 0 Å². The Bertz CT molecular complexity index is 282. The van der Waals surface area contributed by atoms with E-state index in [2.05, 4.69) is 18.7 Å². The number of carbonyl (C=O) groups excluding carboxylic acids is 1. The molecule has 1 aliphatic carbocycles. The molecule has 0 bridgehead atoms. The van der Waals surface area contributed by atoms with Crippen LogP contribution in [0, 0.1) is 11.3 Å². The SMILES string of the molecule is CC(C)CC1(C(=O)N2CCC(N)CC2)CCC1.Cl. The van der Waals surface area contributed by atoms with Gasteiger partial charge in [-0.25, -0.2) is 0 Å². The Labute approximate surface area is 117 Å². The molecule has 3 nitrogen and oxygen atoms in total. The van der Waals surface area contributed by atoms with Crippen LogP contribution >= 0.6 is 12.4 Å². The van der Waals surface area contributed by atoms with Gasteiger partial charge in [-0.2, -0.15) is 0 Å². The van der Waals surface area contributed by atoms with Crippen molar-refractivity contribution in [2.45, 2.75) is 58.4 Å². The van der Waals surface area contributed by atoms with E-state index in [-0.39, 0.29) is 17.8 Å². The summed E-state index contributed by atoms with van der Waals surface area (Å²) in [6.07, 6.45) is 6.45. The van der Waals surface area contributed by atoms with Gasteiger partial charge >= 0.3 is 0 Å². The number of piperidine rings is 1. The number of hydrogen-bond acceptors (Lipinski definition) is 2. The smallest absolute Gasteiger partial charge is 0.228 e. The summed E-state index contributed by atoms with van der Waals surface area (Å²) in [6, 6.07) is 0.307. The van der Waals surface area contributed by atoms with Crippen molar-refractivity contribution in [2.24, 2.45) is 17.1 Å². The van der Waals surface area contributed by atoms with E-state index >= 15 is 0 Å². The van der Waals surface area contributed by atoms with Crippen LogP contribution in [0.5, 0.6) is 0 Å². The van der Waals surface area contributed by atoms with E-state index in [1.54, 1.807) is 0 Å². The molecule has 1 aliphatic heterocycles. The fourth-order valence-corrected chi connectivity index (χ4v) is 3.33. The third kappa shape index (κ3) is 3.18. The molecule has 2 aliphatic rings. The first-order valence-corrected chi connectivity index (χ1v) is 7.08. The van der Waals surface area contributed by atoms with E-state index < -0.39 is 0 Å². The molecule has 1 heterocycles. The Balaban J connectivity index is 0.00000162. The van der Waals surface area contributed by atoms with Crippen LogP contribution in [0.4, 0.5) is 0 Å². The standard InChI is InChI=1S/C14H26N2O.ClH/c1-11(2)10-14(6-3-7-14)13(17)16-8-4-12(15)5-9-16;/h11-12H,3-10,15H2,1-2H3;1H. The molecule has 1 amide bonds. The van der Waals surface area contributed by atoms with Crippen molar-refractivity contribution in [3.8, 4) is 0 Å². The van der Waals surface area contributed by atoms with Gasteiger partial charge in [-0.15, -0.1) is 12.4 Å². The van der Waals surface area contributed by atoms with Crippen molar-refractivity contribution in [1.29, 1.82) is 0 Å². The zero-order valence-electron chi connectivity index (χ0n) is 11.7. The van der Waals surface area contributed by atoms with E-state index in [1.165, 1.54) is 6.42 Å². The second-order valence-corrected chi connectivity index (χ2v) is 6.36. The number of hydrogen-bond donors (Lipinski definition) is 1. The first kappa shape index (κ1) is 15.8. The molecule has 2 N–H and O–H groups in total. The zero-order chi connectivity index (χ0) is 12.5. The molecule has 0 spiro atoms. The summed E-state index contributed by atoms with van der Waals surface area (Å²) in [5.41, 5.74) is 5.89. The third-order valence-corrected chi connectivity index (χ3v) is 4.39. The Morgan fingerprint density at radius 3 is 2.28 bits per heavy atom. The van der Waals surface area contributed by atoms with Gasteiger partial charge in [0, 0.05) is 24.5 Å². The van der Waals surface area contributed by atoms with Gasteiger partial charge in [0.15, 0.2) is 0 Å². The molecular weight excluding hydrogens is 248 g/mol. The molecule has 0 aromatic carbocycles. The van der Waals surface area contributed by atoms with Crippen molar-refractivity contribution in [3.05, 3.63) is 0 Å². The van der Waals surface area contributed by atoms with Gasteiger partial charge in [0.2, 0.25) is 5.91 Å². The van der Waals surface area contributed by atoms with Crippen molar-refractivity contribution < 1.29 is 4.79 Å². The minimum absolute atomic E-state index is 0. The molecule has 18 heavy (non-hydrogen) atoms. The molecule has 1 saturated heterocycles. The Morgan fingerprint density at radius 2 is 1.89 bits per heavy atom. The van der Waals surface area contributed by atoms with Crippen molar-refractivity contribution in [2.75, 3.05) is 13.1 Å². The molecule has 0 atom stereocenters. The normalized spacial score (nSPS) is 23.4. The lowest BCUT2D eigenvalue weighted by atomic mass is 9.63. The van der Waals surface area contributed by atoms with Crippen molar-refractivity contribution >= 4 is 18.3 Å². The first-order chi connectivity index (χ1) is 8.03. The Morgan fingerprint density at radius 1 is 1.33 bits per heavy atom. The number of amides is 1. The summed E-state index contributed by atoms with van der Waals surface area (Å²) < 4.78 is 0. The van der Waals surface area contributed by atoms with E-state index in [4.69, 9.17) is 5.73 Å². The van der Waals surface area contributed by atoms with Crippen LogP contribution in [0.25, 0.3) is 0 Å². The van der Waals surface area contributed by atoms with Gasteiger partial charge in [-0.3, -0.25) is 4.79 Å². The largest absolute Gasteiger partial charge is 0.342 e. The summed E-state index contributed by atoms with van der Waals surface area (Å²) >= 11 is 0. The summed E-state index contributed by atoms with van der Waals surface area (Å²) in [6.45, 7) is 6.19. The maximum atomic E-state index is 12.6. The second-order valence-electron chi connectivity index (χ2n) is 6.36. The number of carbonyl (C=O) groups is 1. The van der Waals surface area contributed by atoms with Gasteiger partial charge < -0.3 is 10.6 Å². The number of nitrogens with two attached hydrogens (primary N) is 1. The third-order valence-electron chi connectivity index (χ3n) is 4.39. The maximum absolute atomic E-state index is 12.6. The fraction of sp³-hybridized carbons (Fsp3) is 0.929. The monoisotopic (exact) mass is 274 g/mol. The predicted octanol–water partition coefficient (Wildman–Crippen LogP) is 2.57. The van der Waals surface area contributed by atoms with Crippen LogP contribution in [0.1, 0.15) is 52.4 Å². The van der Waals surface area contributed by atoms with Crippen LogP contribution in [0.2, 0.25) is 0 Å². The van der Waals surface area contributed by atoms with Gasteiger partial charge in [0.05, 0.1) is 0 Å². The minimum atomic E-state index is -0.00436. The molecule has 0 aromatic heterocycles. The van der Waals surface area contributed by atoms with Gasteiger partial charge in [-0.1, -0.05) is 20.3 Å². The summed E-state index contributed by atoms with van der Waals surface area (Å²) in [4.78, 5) is 14.7. The highest BCUT2D eigenvalue weighted by Crippen LogP contribution is 2.47. The topological polar surface area (TPSA) is 46.3 Å². The fourth-order valence-electron chi connectivity index (χ4n) is 3.33. The quantitative estimate of drug-likeness (QED) is 0.860. The Hall–Kier alpha value is -0.280. The highest BCUT2D eigenvalue weighted by molar-refractivity contribution is 5.85. The highest BCUT2D eigenvalue weighted by Gasteiger charge is 2.46. The lowest BCUT2D eigenvalue weighted by Crippen LogP contribution is -2.52. The lowest BCUT2D eigenvalue weighted by Gasteiger charge is -2.46. The molecule has 2 fully saturated rings. The lowest BCUT2D eigenvalue weighted by molar-refractivity contribution is -0.150. The van der Waals surface area contributed by atoms with Crippen LogP contribution in [-0.4, -0.2) is 29.9 Å². The molecule has 0 aromatic rings. The molecule has 4 heteroatoms. The molecule has 106 valence electrons. The van der Waals surface area contributed by atoms with Crippen LogP contribution in [0.15, 0.2) is 0 Å². The molecule has 2 rings (SSSR count). The Kier molecular flexibility index (Phi) is 5.47. The summed E-state index contributed by atoms with van der Waals surface area (Å²) in [7, 11) is 0. The predicted molar refractivity (Wildman–Crippen MR) is 76.8 cm³/mol. The number of likely N-dealkylation sites (tertiary alicyclic amines) is 1. The van der Waals surface area contributed by atoms with Crippen molar-refractivity contribution in [1.82, 2.24) is 4.90 Å². The number of halogens is 1. The average molecular weight is 275 g/mol. The molecule has 0 radical (unpaired) electrons. The van der Waals surface area contributed by atoms with E-state index in [9.17, 15) is 4.79 Å². The van der Waals surface area contributed by atoms with E-state index in [0.717, 1.165) is 45.2 Å². The summed E-state index contributed by atoms with van der Waals surface area (Å²) in [5.74, 6) is 1.04. The molecular formula is C14H27ClN2O. The average Bonchev–Trinajstić information content (AvgIpc) is 2.23. The van der Waals surface area contributed by atoms with Crippen LogP contribution in [0.3, 0.4) is 0 Å². The van der Waals surface area contributed by atoms with Crippen LogP contribution < -0.4 is 5.73 Å². The number of rotatable bonds is 3. The maximum Gasteiger partial charge on any atom is 0.228 e. The zero-order valence-corrected chi connectivity index (χ0v) is 12.5. The first-order valence-electron chi connectivity index (χ1n) is 7.08. The van der Waals surface area contributed by atoms with Gasteiger partial charge in [-0.05, 0) is 38.0 Å². The summed E-state index contributed by atoms with van der Waals surface area (Å²) in [5, 5.41) is 0. The molecule has 1 saturated carbocycles.